The zero-order chi connectivity index (χ0) is 15.0. The summed E-state index contributed by atoms with van der Waals surface area (Å²) in [6, 6.07) is 3.06. The molecule has 112 valence electrons. The van der Waals surface area contributed by atoms with Gasteiger partial charge in [-0.1, -0.05) is 0 Å². The zero-order valence-electron chi connectivity index (χ0n) is 12.1. The van der Waals surface area contributed by atoms with Gasteiger partial charge < -0.3 is 14.8 Å². The quantitative estimate of drug-likeness (QED) is 0.798. The number of hydrogen-bond acceptors (Lipinski definition) is 3. The summed E-state index contributed by atoms with van der Waals surface area (Å²) < 4.78 is 1.44. The van der Waals surface area contributed by atoms with E-state index in [1.54, 1.807) is 24.2 Å². The van der Waals surface area contributed by atoms with Crippen molar-refractivity contribution in [2.45, 2.75) is 19.3 Å². The molecule has 2 amide bonds. The third kappa shape index (κ3) is 2.57. The van der Waals surface area contributed by atoms with Crippen LogP contribution < -0.4 is 10.9 Å². The standard InChI is InChI=1S/C15H19N3O3/c1-17-5-2-11(8-13(17)20)14(21)18-6-3-15(4-7-18)9-12(19)16-10-15/h2,5,8H,3-4,6-7,9-10H2,1H3,(H,16,19). The number of nitrogens with zero attached hydrogens (tertiary/aromatic N) is 2. The van der Waals surface area contributed by atoms with Crippen molar-refractivity contribution in [1.29, 1.82) is 0 Å². The van der Waals surface area contributed by atoms with E-state index in [1.807, 2.05) is 0 Å². The van der Waals surface area contributed by atoms with Gasteiger partial charge in [-0.05, 0) is 24.3 Å². The van der Waals surface area contributed by atoms with Crippen LogP contribution in [-0.4, -0.2) is 40.9 Å². The van der Waals surface area contributed by atoms with E-state index >= 15 is 0 Å². The molecule has 1 aromatic heterocycles. The number of aromatic nitrogens is 1. The van der Waals surface area contributed by atoms with Gasteiger partial charge in [-0.2, -0.15) is 0 Å². The van der Waals surface area contributed by atoms with Gasteiger partial charge in [0, 0.05) is 50.9 Å². The number of aryl methyl sites for hydroxylation is 1. The number of carbonyl (C=O) groups is 2. The summed E-state index contributed by atoms with van der Waals surface area (Å²) >= 11 is 0. The Hall–Kier alpha value is -2.11. The number of hydrogen-bond donors (Lipinski definition) is 1. The first-order valence-electron chi connectivity index (χ1n) is 7.22. The molecule has 1 aromatic rings. The van der Waals surface area contributed by atoms with E-state index in [0.29, 0.717) is 25.1 Å². The van der Waals surface area contributed by atoms with Crippen molar-refractivity contribution in [1.82, 2.24) is 14.8 Å². The van der Waals surface area contributed by atoms with E-state index in [4.69, 9.17) is 0 Å². The van der Waals surface area contributed by atoms with E-state index < -0.39 is 0 Å². The van der Waals surface area contributed by atoms with Crippen molar-refractivity contribution >= 4 is 11.8 Å². The third-order valence-electron chi connectivity index (χ3n) is 4.66. The average molecular weight is 289 g/mol. The highest BCUT2D eigenvalue weighted by atomic mass is 16.2. The molecular formula is C15H19N3O3. The summed E-state index contributed by atoms with van der Waals surface area (Å²) in [5, 5.41) is 2.88. The van der Waals surface area contributed by atoms with Crippen LogP contribution in [0.4, 0.5) is 0 Å². The minimum atomic E-state index is -0.181. The van der Waals surface area contributed by atoms with Crippen molar-refractivity contribution in [2.24, 2.45) is 12.5 Å². The maximum atomic E-state index is 12.4. The van der Waals surface area contributed by atoms with Crippen molar-refractivity contribution in [3.05, 3.63) is 34.2 Å². The highest BCUT2D eigenvalue weighted by Gasteiger charge is 2.41. The van der Waals surface area contributed by atoms with Crippen LogP contribution in [-0.2, 0) is 11.8 Å². The molecule has 2 fully saturated rings. The number of amides is 2. The van der Waals surface area contributed by atoms with E-state index in [9.17, 15) is 14.4 Å². The largest absolute Gasteiger partial charge is 0.356 e. The number of pyridine rings is 1. The molecule has 3 rings (SSSR count). The Morgan fingerprint density at radius 3 is 2.57 bits per heavy atom. The number of carbonyl (C=O) groups excluding carboxylic acids is 2. The number of likely N-dealkylation sites (tertiary alicyclic amines) is 1. The Labute approximate surface area is 122 Å². The molecule has 6 heteroatoms. The van der Waals surface area contributed by atoms with Crippen molar-refractivity contribution in [3.8, 4) is 0 Å². The summed E-state index contributed by atoms with van der Waals surface area (Å²) in [7, 11) is 1.66. The fraction of sp³-hybridized carbons (Fsp3) is 0.533. The smallest absolute Gasteiger partial charge is 0.254 e. The first-order valence-corrected chi connectivity index (χ1v) is 7.22. The molecule has 3 heterocycles. The first-order chi connectivity index (χ1) is 9.99. The van der Waals surface area contributed by atoms with E-state index in [2.05, 4.69) is 5.32 Å². The lowest BCUT2D eigenvalue weighted by Crippen LogP contribution is -2.44. The van der Waals surface area contributed by atoms with Gasteiger partial charge in [0.05, 0.1) is 0 Å². The minimum absolute atomic E-state index is 0.0285. The Bertz CT molecular complexity index is 642. The van der Waals surface area contributed by atoms with Crippen LogP contribution in [0.5, 0.6) is 0 Å². The van der Waals surface area contributed by atoms with Crippen LogP contribution in [0.25, 0.3) is 0 Å². The van der Waals surface area contributed by atoms with Crippen molar-refractivity contribution in [2.75, 3.05) is 19.6 Å². The molecule has 0 bridgehead atoms. The molecule has 1 N–H and O–H groups in total. The highest BCUT2D eigenvalue weighted by Crippen LogP contribution is 2.37. The lowest BCUT2D eigenvalue weighted by molar-refractivity contribution is -0.119. The summed E-state index contributed by atoms with van der Waals surface area (Å²) in [4.78, 5) is 37.2. The van der Waals surface area contributed by atoms with Crippen LogP contribution in [0.1, 0.15) is 29.6 Å². The SMILES string of the molecule is Cn1ccc(C(=O)N2CCC3(CC2)CNC(=O)C3)cc1=O. The van der Waals surface area contributed by atoms with Crippen LogP contribution >= 0.6 is 0 Å². The minimum Gasteiger partial charge on any atom is -0.356 e. The normalized spacial score (nSPS) is 20.6. The zero-order valence-corrected chi connectivity index (χ0v) is 12.1. The molecule has 21 heavy (non-hydrogen) atoms. The lowest BCUT2D eigenvalue weighted by atomic mass is 9.77. The molecule has 2 aliphatic heterocycles. The average Bonchev–Trinajstić information content (AvgIpc) is 2.83. The Balaban J connectivity index is 1.69. The van der Waals surface area contributed by atoms with Gasteiger partial charge in [0.15, 0.2) is 0 Å². The van der Waals surface area contributed by atoms with Crippen LogP contribution in [0.2, 0.25) is 0 Å². The number of piperidine rings is 1. The molecule has 0 aliphatic carbocycles. The van der Waals surface area contributed by atoms with Crippen LogP contribution in [0.15, 0.2) is 23.1 Å². The predicted molar refractivity (Wildman–Crippen MR) is 76.9 cm³/mol. The van der Waals surface area contributed by atoms with Gasteiger partial charge in [0.25, 0.3) is 11.5 Å². The molecule has 2 saturated heterocycles. The fourth-order valence-electron chi connectivity index (χ4n) is 3.15. The number of nitrogens with one attached hydrogen (secondary N) is 1. The molecule has 0 atom stereocenters. The second-order valence-electron chi connectivity index (χ2n) is 6.11. The van der Waals surface area contributed by atoms with E-state index in [-0.39, 0.29) is 22.8 Å². The highest BCUT2D eigenvalue weighted by molar-refractivity contribution is 5.94. The van der Waals surface area contributed by atoms with E-state index in [1.165, 1.54) is 10.6 Å². The maximum Gasteiger partial charge on any atom is 0.254 e. The molecule has 6 nitrogen and oxygen atoms in total. The van der Waals surface area contributed by atoms with Gasteiger partial charge in [-0.15, -0.1) is 0 Å². The summed E-state index contributed by atoms with van der Waals surface area (Å²) in [6.07, 6.45) is 3.85. The lowest BCUT2D eigenvalue weighted by Gasteiger charge is -2.38. The molecule has 1 spiro atoms. The molecular weight excluding hydrogens is 270 g/mol. The monoisotopic (exact) mass is 289 g/mol. The predicted octanol–water partition coefficient (Wildman–Crippen LogP) is 0.128. The molecule has 2 aliphatic rings. The summed E-state index contributed by atoms with van der Waals surface area (Å²) in [5.41, 5.74) is 0.287. The second-order valence-corrected chi connectivity index (χ2v) is 6.11. The van der Waals surface area contributed by atoms with E-state index in [0.717, 1.165) is 19.4 Å². The Kier molecular flexibility index (Phi) is 3.31. The van der Waals surface area contributed by atoms with Gasteiger partial charge >= 0.3 is 0 Å². The Morgan fingerprint density at radius 1 is 1.29 bits per heavy atom. The maximum absolute atomic E-state index is 12.4. The van der Waals surface area contributed by atoms with Crippen molar-refractivity contribution < 1.29 is 9.59 Å². The second kappa shape index (κ2) is 5.02. The first kappa shape index (κ1) is 13.9. The van der Waals surface area contributed by atoms with Gasteiger partial charge in [-0.25, -0.2) is 0 Å². The Morgan fingerprint density at radius 2 is 2.00 bits per heavy atom. The fourth-order valence-corrected chi connectivity index (χ4v) is 3.15. The number of rotatable bonds is 1. The molecule has 0 aromatic carbocycles. The topological polar surface area (TPSA) is 71.4 Å². The summed E-state index contributed by atoms with van der Waals surface area (Å²) in [5.74, 6) is 0.0150. The van der Waals surface area contributed by atoms with Crippen molar-refractivity contribution in [3.63, 3.8) is 0 Å². The van der Waals surface area contributed by atoms with Gasteiger partial charge in [0.1, 0.15) is 0 Å². The molecule has 0 radical (unpaired) electrons. The van der Waals surface area contributed by atoms with Gasteiger partial charge in [-0.3, -0.25) is 14.4 Å². The summed E-state index contributed by atoms with van der Waals surface area (Å²) in [6.45, 7) is 2.01. The molecule has 0 saturated carbocycles. The molecule has 0 unspecified atom stereocenters. The van der Waals surface area contributed by atoms with Gasteiger partial charge in [0.2, 0.25) is 5.91 Å². The van der Waals surface area contributed by atoms with Crippen LogP contribution in [0, 0.1) is 5.41 Å². The third-order valence-corrected chi connectivity index (χ3v) is 4.66. The van der Waals surface area contributed by atoms with Crippen LogP contribution in [0.3, 0.4) is 0 Å².